The lowest BCUT2D eigenvalue weighted by Crippen LogP contribution is -2.49. The number of aromatic nitrogens is 1. The van der Waals surface area contributed by atoms with Gasteiger partial charge in [0.2, 0.25) is 0 Å². The number of hydrogen-bond acceptors (Lipinski definition) is 5. The molecule has 0 atom stereocenters. The summed E-state index contributed by atoms with van der Waals surface area (Å²) in [5.74, 6) is 0.591. The van der Waals surface area contributed by atoms with E-state index in [1.807, 2.05) is 17.2 Å². The number of nitriles is 1. The number of nitrogens with zero attached hydrogens (tertiary/aromatic N) is 4. The van der Waals surface area contributed by atoms with Crippen molar-refractivity contribution in [2.45, 2.75) is 6.54 Å². The molecule has 1 aromatic heterocycles. The highest BCUT2D eigenvalue weighted by Gasteiger charge is 2.21. The first-order valence-corrected chi connectivity index (χ1v) is 8.26. The molecule has 25 heavy (non-hydrogen) atoms. The van der Waals surface area contributed by atoms with Gasteiger partial charge >= 0.3 is 0 Å². The van der Waals surface area contributed by atoms with Gasteiger partial charge in [-0.15, -0.1) is 0 Å². The molecule has 2 heterocycles. The van der Waals surface area contributed by atoms with Crippen molar-refractivity contribution in [1.29, 1.82) is 5.26 Å². The summed E-state index contributed by atoms with van der Waals surface area (Å²) in [5, 5.41) is 8.77. The number of amides is 1. The van der Waals surface area contributed by atoms with Crippen LogP contribution in [-0.4, -0.2) is 53.5 Å². The number of rotatable bonds is 5. The van der Waals surface area contributed by atoms with Crippen molar-refractivity contribution in [3.05, 3.63) is 59.9 Å². The van der Waals surface area contributed by atoms with Crippen LogP contribution in [0.3, 0.4) is 0 Å². The molecule has 1 fully saturated rings. The summed E-state index contributed by atoms with van der Waals surface area (Å²) in [6, 6.07) is 12.8. The molecule has 0 saturated carbocycles. The Hall–Kier alpha value is -2.91. The predicted octanol–water partition coefficient (Wildman–Crippen LogP) is 1.68. The van der Waals surface area contributed by atoms with E-state index in [-0.39, 0.29) is 12.5 Å². The Balaban J connectivity index is 1.42. The van der Waals surface area contributed by atoms with Gasteiger partial charge in [0.1, 0.15) is 5.75 Å². The lowest BCUT2D eigenvalue weighted by Gasteiger charge is -2.34. The van der Waals surface area contributed by atoms with E-state index in [1.165, 1.54) is 5.56 Å². The minimum absolute atomic E-state index is 0.00890. The summed E-state index contributed by atoms with van der Waals surface area (Å²) in [4.78, 5) is 20.6. The third-order valence-electron chi connectivity index (χ3n) is 4.20. The van der Waals surface area contributed by atoms with Crippen molar-refractivity contribution in [2.24, 2.45) is 0 Å². The van der Waals surface area contributed by atoms with Crippen LogP contribution >= 0.6 is 0 Å². The Bertz CT molecular complexity index is 732. The Morgan fingerprint density at radius 2 is 1.92 bits per heavy atom. The van der Waals surface area contributed by atoms with E-state index in [4.69, 9.17) is 10.00 Å². The number of ether oxygens (including phenoxy) is 1. The molecular weight excluding hydrogens is 316 g/mol. The molecule has 0 radical (unpaired) electrons. The van der Waals surface area contributed by atoms with Gasteiger partial charge in [0, 0.05) is 45.1 Å². The van der Waals surface area contributed by atoms with Crippen LogP contribution in [0.2, 0.25) is 0 Å². The highest BCUT2D eigenvalue weighted by atomic mass is 16.5. The first-order valence-electron chi connectivity index (χ1n) is 8.26. The van der Waals surface area contributed by atoms with Crippen LogP contribution in [0, 0.1) is 11.3 Å². The standard InChI is InChI=1S/C19H20N4O2/c20-12-16-3-5-18(6-4-16)25-15-19(24)23-10-8-22(9-11-23)14-17-2-1-7-21-13-17/h1-7,13H,8-11,14-15H2. The summed E-state index contributed by atoms with van der Waals surface area (Å²) in [7, 11) is 0. The quantitative estimate of drug-likeness (QED) is 0.831. The molecule has 0 bridgehead atoms. The minimum atomic E-state index is -0.00890. The number of benzene rings is 1. The zero-order chi connectivity index (χ0) is 17.5. The van der Waals surface area contributed by atoms with E-state index >= 15 is 0 Å². The second-order valence-electron chi connectivity index (χ2n) is 5.94. The van der Waals surface area contributed by atoms with Gasteiger partial charge in [-0.05, 0) is 35.9 Å². The van der Waals surface area contributed by atoms with E-state index in [2.05, 4.69) is 22.0 Å². The molecule has 3 rings (SSSR count). The van der Waals surface area contributed by atoms with Gasteiger partial charge in [0.25, 0.3) is 5.91 Å². The number of carbonyl (C=O) groups excluding carboxylic acids is 1. The van der Waals surface area contributed by atoms with E-state index in [0.717, 1.165) is 19.6 Å². The van der Waals surface area contributed by atoms with Gasteiger partial charge in [-0.1, -0.05) is 6.07 Å². The normalized spacial score (nSPS) is 14.8. The molecule has 128 valence electrons. The second-order valence-corrected chi connectivity index (χ2v) is 5.94. The van der Waals surface area contributed by atoms with Crippen LogP contribution in [0.15, 0.2) is 48.8 Å². The van der Waals surface area contributed by atoms with Crippen molar-refractivity contribution in [2.75, 3.05) is 32.8 Å². The van der Waals surface area contributed by atoms with Gasteiger partial charge in [0.05, 0.1) is 11.6 Å². The molecule has 6 nitrogen and oxygen atoms in total. The van der Waals surface area contributed by atoms with Gasteiger partial charge in [0.15, 0.2) is 6.61 Å². The van der Waals surface area contributed by atoms with Crippen molar-refractivity contribution in [3.63, 3.8) is 0 Å². The third-order valence-corrected chi connectivity index (χ3v) is 4.20. The second kappa shape index (κ2) is 8.27. The molecule has 0 spiro atoms. The molecule has 0 aliphatic carbocycles. The molecule has 2 aromatic rings. The molecule has 1 saturated heterocycles. The van der Waals surface area contributed by atoms with E-state index < -0.39 is 0 Å². The summed E-state index contributed by atoms with van der Waals surface area (Å²) in [5.41, 5.74) is 1.76. The Morgan fingerprint density at radius 3 is 2.56 bits per heavy atom. The van der Waals surface area contributed by atoms with E-state index in [1.54, 1.807) is 30.5 Å². The van der Waals surface area contributed by atoms with E-state index in [0.29, 0.717) is 24.4 Å². The Morgan fingerprint density at radius 1 is 1.16 bits per heavy atom. The molecule has 1 aromatic carbocycles. The van der Waals surface area contributed by atoms with Gasteiger partial charge in [-0.3, -0.25) is 14.7 Å². The fourth-order valence-corrected chi connectivity index (χ4v) is 2.77. The summed E-state index contributed by atoms with van der Waals surface area (Å²) >= 11 is 0. The molecule has 1 aliphatic rings. The smallest absolute Gasteiger partial charge is 0.260 e. The number of piperazine rings is 1. The van der Waals surface area contributed by atoms with Crippen LogP contribution in [-0.2, 0) is 11.3 Å². The fourth-order valence-electron chi connectivity index (χ4n) is 2.77. The highest BCUT2D eigenvalue weighted by Crippen LogP contribution is 2.12. The van der Waals surface area contributed by atoms with Gasteiger partial charge < -0.3 is 9.64 Å². The third kappa shape index (κ3) is 4.78. The molecule has 1 aliphatic heterocycles. The van der Waals surface area contributed by atoms with Crippen molar-refractivity contribution < 1.29 is 9.53 Å². The van der Waals surface area contributed by atoms with Crippen LogP contribution in [0.4, 0.5) is 0 Å². The summed E-state index contributed by atoms with van der Waals surface area (Å²) in [6.07, 6.45) is 3.65. The average molecular weight is 336 g/mol. The molecular formula is C19H20N4O2. The number of pyridine rings is 1. The van der Waals surface area contributed by atoms with E-state index in [9.17, 15) is 4.79 Å². The Kier molecular flexibility index (Phi) is 5.60. The van der Waals surface area contributed by atoms with Crippen LogP contribution < -0.4 is 4.74 Å². The zero-order valence-corrected chi connectivity index (χ0v) is 14.0. The number of carbonyl (C=O) groups is 1. The zero-order valence-electron chi connectivity index (χ0n) is 14.0. The summed E-state index contributed by atoms with van der Waals surface area (Å²) < 4.78 is 5.52. The maximum atomic E-state index is 12.3. The highest BCUT2D eigenvalue weighted by molar-refractivity contribution is 5.77. The molecule has 0 N–H and O–H groups in total. The SMILES string of the molecule is N#Cc1ccc(OCC(=O)N2CCN(Cc3cccnc3)CC2)cc1. The molecule has 6 heteroatoms. The molecule has 1 amide bonds. The van der Waals surface area contributed by atoms with Crippen LogP contribution in [0.5, 0.6) is 5.75 Å². The monoisotopic (exact) mass is 336 g/mol. The number of hydrogen-bond donors (Lipinski definition) is 0. The lowest BCUT2D eigenvalue weighted by molar-refractivity contribution is -0.135. The van der Waals surface area contributed by atoms with Gasteiger partial charge in [-0.2, -0.15) is 5.26 Å². The predicted molar refractivity (Wildman–Crippen MR) is 92.7 cm³/mol. The summed E-state index contributed by atoms with van der Waals surface area (Å²) in [6.45, 7) is 3.98. The van der Waals surface area contributed by atoms with Crippen molar-refractivity contribution in [1.82, 2.24) is 14.8 Å². The van der Waals surface area contributed by atoms with Gasteiger partial charge in [-0.25, -0.2) is 0 Å². The first-order chi connectivity index (χ1) is 12.2. The lowest BCUT2D eigenvalue weighted by atomic mass is 10.2. The maximum absolute atomic E-state index is 12.3. The van der Waals surface area contributed by atoms with Crippen molar-refractivity contribution >= 4 is 5.91 Å². The topological polar surface area (TPSA) is 69.5 Å². The van der Waals surface area contributed by atoms with Crippen LogP contribution in [0.1, 0.15) is 11.1 Å². The Labute approximate surface area is 147 Å². The van der Waals surface area contributed by atoms with Crippen molar-refractivity contribution in [3.8, 4) is 11.8 Å². The average Bonchev–Trinajstić information content (AvgIpc) is 2.68. The largest absolute Gasteiger partial charge is 0.484 e. The maximum Gasteiger partial charge on any atom is 0.260 e. The minimum Gasteiger partial charge on any atom is -0.484 e. The first kappa shape index (κ1) is 16.9. The molecule has 0 unspecified atom stereocenters. The fraction of sp³-hybridized carbons (Fsp3) is 0.316. The van der Waals surface area contributed by atoms with Crippen LogP contribution in [0.25, 0.3) is 0 Å².